The van der Waals surface area contributed by atoms with Crippen LogP contribution in [-0.2, 0) is 9.59 Å². The fourth-order valence-electron chi connectivity index (χ4n) is 4.60. The summed E-state index contributed by atoms with van der Waals surface area (Å²) in [6, 6.07) is 0. The predicted molar refractivity (Wildman–Crippen MR) is 138 cm³/mol. The molecule has 1 aliphatic rings. The van der Waals surface area contributed by atoms with Gasteiger partial charge in [0.2, 0.25) is 5.91 Å². The molecule has 0 aromatic rings. The summed E-state index contributed by atoms with van der Waals surface area (Å²) in [5.74, 6) is -0.382. The van der Waals surface area contributed by atoms with E-state index in [0.29, 0.717) is 31.8 Å². The molecule has 34 heavy (non-hydrogen) atoms. The number of nitrogens with two attached hydrogens (primary N) is 3. The third kappa shape index (κ3) is 15.6. The minimum Gasteiger partial charge on any atom is -0.481 e. The van der Waals surface area contributed by atoms with Crippen molar-refractivity contribution in [2.24, 2.45) is 23.1 Å². The van der Waals surface area contributed by atoms with Gasteiger partial charge in [-0.05, 0) is 57.5 Å². The van der Waals surface area contributed by atoms with Crippen LogP contribution >= 0.6 is 0 Å². The molecule has 0 aromatic heterocycles. The second-order valence-corrected chi connectivity index (χ2v) is 10.4. The largest absolute Gasteiger partial charge is 0.481 e. The number of carbonyl (C=O) groups is 2. The fraction of sp³-hybridized carbons (Fsp3) is 0.920. The van der Waals surface area contributed by atoms with Crippen LogP contribution in [0.4, 0.5) is 0 Å². The van der Waals surface area contributed by atoms with Crippen molar-refractivity contribution in [3.8, 4) is 0 Å². The van der Waals surface area contributed by atoms with E-state index in [4.69, 9.17) is 22.3 Å². The molecule has 1 rings (SSSR count). The van der Waals surface area contributed by atoms with Gasteiger partial charge >= 0.3 is 5.97 Å². The Kier molecular flexibility index (Phi) is 15.6. The summed E-state index contributed by atoms with van der Waals surface area (Å²) in [5.41, 5.74) is 17.7. The summed E-state index contributed by atoms with van der Waals surface area (Å²) >= 11 is 0. The average molecular weight is 485 g/mol. The van der Waals surface area contributed by atoms with Crippen molar-refractivity contribution >= 4 is 11.9 Å². The molecule has 1 aliphatic heterocycles. The maximum atomic E-state index is 12.4. The molecule has 2 atom stereocenters. The van der Waals surface area contributed by atoms with E-state index in [1.807, 2.05) is 0 Å². The number of hydrogen-bond donors (Lipinski definition) is 7. The molecule has 1 amide bonds. The molecule has 0 bridgehead atoms. The van der Waals surface area contributed by atoms with Crippen LogP contribution in [0.3, 0.4) is 0 Å². The quantitative estimate of drug-likeness (QED) is 0.281. The van der Waals surface area contributed by atoms with Gasteiger partial charge in [-0.25, -0.2) is 0 Å². The first-order valence-corrected chi connectivity index (χ1v) is 13.5. The Labute approximate surface area is 206 Å². The zero-order valence-electron chi connectivity index (χ0n) is 21.5. The molecule has 0 saturated carbocycles. The van der Waals surface area contributed by atoms with Crippen LogP contribution in [0.5, 0.6) is 0 Å². The van der Waals surface area contributed by atoms with Gasteiger partial charge in [0.15, 0.2) is 0 Å². The Morgan fingerprint density at radius 1 is 0.882 bits per heavy atom. The van der Waals surface area contributed by atoms with E-state index in [9.17, 15) is 9.59 Å². The molecular weight excluding hydrogens is 432 g/mol. The second-order valence-electron chi connectivity index (χ2n) is 10.4. The first-order chi connectivity index (χ1) is 16.2. The monoisotopic (exact) mass is 484 g/mol. The summed E-state index contributed by atoms with van der Waals surface area (Å²) in [5, 5.41) is 18.5. The average Bonchev–Trinajstić information content (AvgIpc) is 2.76. The standard InChI is InChI=1S/C25H52N6O3/c1-2-21-11-7-5-3-4-6-8-15-25(28,31-22(32)12-9-13-23(33)34)20-30-18-10-17-29-19-24(26,27)16-14-21/h21,29-30H,2-20,26-28H2,1H3,(H,31,32)(H,33,34)/t21-,25-/m1/s1. The van der Waals surface area contributed by atoms with Crippen molar-refractivity contribution in [3.63, 3.8) is 0 Å². The Morgan fingerprint density at radius 3 is 2.21 bits per heavy atom. The van der Waals surface area contributed by atoms with Crippen LogP contribution in [-0.4, -0.2) is 54.5 Å². The van der Waals surface area contributed by atoms with E-state index in [2.05, 4.69) is 22.9 Å². The van der Waals surface area contributed by atoms with Gasteiger partial charge in [-0.3, -0.25) is 9.59 Å². The summed E-state index contributed by atoms with van der Waals surface area (Å²) in [7, 11) is 0. The Bertz CT molecular complexity index is 575. The molecule has 0 radical (unpaired) electrons. The van der Waals surface area contributed by atoms with Gasteiger partial charge in [-0.1, -0.05) is 51.9 Å². The molecule has 1 fully saturated rings. The van der Waals surface area contributed by atoms with Gasteiger partial charge in [0.1, 0.15) is 5.66 Å². The summed E-state index contributed by atoms with van der Waals surface area (Å²) in [6.45, 7) is 4.90. The van der Waals surface area contributed by atoms with Crippen LogP contribution in [0.15, 0.2) is 0 Å². The van der Waals surface area contributed by atoms with Crippen LogP contribution < -0.4 is 33.2 Å². The topological polar surface area (TPSA) is 169 Å². The number of carboxylic acid groups (broad SMARTS) is 1. The molecule has 0 aliphatic carbocycles. The second kappa shape index (κ2) is 17.2. The van der Waals surface area contributed by atoms with Crippen molar-refractivity contribution < 1.29 is 14.7 Å². The molecule has 1 saturated heterocycles. The Balaban J connectivity index is 2.59. The van der Waals surface area contributed by atoms with Gasteiger partial charge in [-0.15, -0.1) is 0 Å². The molecular formula is C25H52N6O3. The normalized spacial score (nSPS) is 26.9. The third-order valence-corrected chi connectivity index (χ3v) is 6.87. The highest BCUT2D eigenvalue weighted by Gasteiger charge is 2.26. The highest BCUT2D eigenvalue weighted by Crippen LogP contribution is 2.22. The van der Waals surface area contributed by atoms with Crippen LogP contribution in [0.1, 0.15) is 103 Å². The number of carbonyl (C=O) groups excluding carboxylic acids is 1. The zero-order valence-corrected chi connectivity index (χ0v) is 21.5. The molecule has 0 unspecified atom stereocenters. The summed E-state index contributed by atoms with van der Waals surface area (Å²) in [6.07, 6.45) is 13.4. The van der Waals surface area contributed by atoms with E-state index in [1.54, 1.807) is 0 Å². The molecule has 9 heteroatoms. The van der Waals surface area contributed by atoms with Crippen LogP contribution in [0, 0.1) is 5.92 Å². The maximum Gasteiger partial charge on any atom is 0.303 e. The summed E-state index contributed by atoms with van der Waals surface area (Å²) in [4.78, 5) is 23.1. The lowest BCUT2D eigenvalue weighted by molar-refractivity contribution is -0.137. The molecule has 9 nitrogen and oxygen atoms in total. The van der Waals surface area contributed by atoms with Gasteiger partial charge in [0, 0.05) is 25.9 Å². The summed E-state index contributed by atoms with van der Waals surface area (Å²) < 4.78 is 0. The number of aliphatic carboxylic acids is 1. The number of carboxylic acids is 1. The fourth-order valence-corrected chi connectivity index (χ4v) is 4.60. The SMILES string of the molecule is CC[C@@H]1CCCCCCCC[C@@](N)(NC(=O)CCCC(=O)O)CNCCCNCC(N)(N)CC1. The van der Waals surface area contributed by atoms with Crippen molar-refractivity contribution in [1.82, 2.24) is 16.0 Å². The van der Waals surface area contributed by atoms with Crippen molar-refractivity contribution in [2.45, 2.75) is 115 Å². The molecule has 10 N–H and O–H groups in total. The lowest BCUT2D eigenvalue weighted by atomic mass is 9.90. The predicted octanol–water partition coefficient (Wildman–Crippen LogP) is 2.14. The number of nitrogens with one attached hydrogen (secondary N) is 3. The van der Waals surface area contributed by atoms with Crippen molar-refractivity contribution in [1.29, 1.82) is 0 Å². The smallest absolute Gasteiger partial charge is 0.303 e. The van der Waals surface area contributed by atoms with Crippen LogP contribution in [0.2, 0.25) is 0 Å². The van der Waals surface area contributed by atoms with Gasteiger partial charge in [0.25, 0.3) is 0 Å². The van der Waals surface area contributed by atoms with E-state index in [-0.39, 0.29) is 18.7 Å². The molecule has 200 valence electrons. The first kappa shape index (κ1) is 30.8. The van der Waals surface area contributed by atoms with E-state index >= 15 is 0 Å². The third-order valence-electron chi connectivity index (χ3n) is 6.87. The lowest BCUT2D eigenvalue weighted by Gasteiger charge is -2.31. The number of rotatable bonds is 6. The zero-order chi connectivity index (χ0) is 25.3. The molecule has 0 spiro atoms. The van der Waals surface area contributed by atoms with E-state index in [1.165, 1.54) is 38.5 Å². The minimum atomic E-state index is -0.889. The van der Waals surface area contributed by atoms with E-state index in [0.717, 1.165) is 45.2 Å². The molecule has 1 heterocycles. The Morgan fingerprint density at radius 2 is 1.53 bits per heavy atom. The van der Waals surface area contributed by atoms with Gasteiger partial charge < -0.3 is 38.3 Å². The minimum absolute atomic E-state index is 0.0118. The molecule has 0 aromatic carbocycles. The highest BCUT2D eigenvalue weighted by atomic mass is 16.4. The number of hydrogen-bond acceptors (Lipinski definition) is 7. The van der Waals surface area contributed by atoms with Gasteiger partial charge in [0.05, 0.1) is 5.66 Å². The van der Waals surface area contributed by atoms with Crippen molar-refractivity contribution in [3.05, 3.63) is 0 Å². The first-order valence-electron chi connectivity index (χ1n) is 13.5. The maximum absolute atomic E-state index is 12.4. The van der Waals surface area contributed by atoms with Crippen molar-refractivity contribution in [2.75, 3.05) is 26.2 Å². The van der Waals surface area contributed by atoms with Crippen LogP contribution in [0.25, 0.3) is 0 Å². The Hall–Kier alpha value is -1.26. The lowest BCUT2D eigenvalue weighted by Crippen LogP contribution is -2.61. The van der Waals surface area contributed by atoms with Gasteiger partial charge in [-0.2, -0.15) is 0 Å². The highest BCUT2D eigenvalue weighted by molar-refractivity contribution is 5.77. The number of amides is 1. The van der Waals surface area contributed by atoms with E-state index < -0.39 is 17.3 Å².